The third kappa shape index (κ3) is 1.81. The fraction of sp³-hybridized carbons (Fsp3) is 0.600. The predicted octanol–water partition coefficient (Wildman–Crippen LogP) is 0.168. The average molecular weight is 126 g/mol. The monoisotopic (exact) mass is 126 g/mol. The Bertz CT molecular complexity index is 149. The second-order valence-corrected chi connectivity index (χ2v) is 1.72. The number of hydrogen-bond acceptors (Lipinski definition) is 2. The van der Waals surface area contributed by atoms with Crippen LogP contribution < -0.4 is 0 Å². The van der Waals surface area contributed by atoms with Crippen molar-refractivity contribution >= 4 is 0 Å². The maximum atomic E-state index is 9.96. The Morgan fingerprint density at radius 3 is 3.11 bits per heavy atom. The van der Waals surface area contributed by atoms with E-state index < -0.39 is 0 Å². The lowest BCUT2D eigenvalue weighted by Gasteiger charge is -1.86. The van der Waals surface area contributed by atoms with Gasteiger partial charge in [0.05, 0.1) is 6.61 Å². The molecule has 1 N–H and O–H groups in total. The minimum Gasteiger partial charge on any atom is -0.266 e. The van der Waals surface area contributed by atoms with Crippen LogP contribution >= 0.6 is 0 Å². The number of rotatable bonds is 3. The highest BCUT2D eigenvalue weighted by Gasteiger charge is 1.93. The summed E-state index contributed by atoms with van der Waals surface area (Å²) in [7, 11) is 0. The zero-order valence-electron chi connectivity index (χ0n) is 5.00. The van der Waals surface area contributed by atoms with Gasteiger partial charge >= 0.3 is 0 Å². The van der Waals surface area contributed by atoms with E-state index in [1.807, 2.05) is 0 Å². The van der Waals surface area contributed by atoms with Gasteiger partial charge in [-0.1, -0.05) is 0 Å². The minimum absolute atomic E-state index is 0.0471. The van der Waals surface area contributed by atoms with Gasteiger partial charge in [0.15, 0.2) is 0 Å². The van der Waals surface area contributed by atoms with E-state index in [9.17, 15) is 5.11 Å². The van der Waals surface area contributed by atoms with Crippen LogP contribution in [0.25, 0.3) is 0 Å². The van der Waals surface area contributed by atoms with E-state index >= 15 is 0 Å². The van der Waals surface area contributed by atoms with Crippen molar-refractivity contribution in [2.45, 2.75) is 12.8 Å². The number of aryl methyl sites for hydroxylation is 1. The Morgan fingerprint density at radius 1 is 1.67 bits per heavy atom. The van der Waals surface area contributed by atoms with Gasteiger partial charge in [0.25, 0.3) is 0 Å². The maximum Gasteiger partial charge on any atom is 0.150 e. The lowest BCUT2D eigenvalue weighted by molar-refractivity contribution is 0.189. The second kappa shape index (κ2) is 3.19. The molecule has 0 aliphatic rings. The topological polar surface area (TPSA) is 61.5 Å². The number of aromatic amines is 1. The van der Waals surface area contributed by atoms with Crippen molar-refractivity contribution < 1.29 is 5.11 Å². The van der Waals surface area contributed by atoms with Crippen molar-refractivity contribution in [1.29, 1.82) is 0 Å². The number of aromatic nitrogens is 3. The molecule has 0 atom stereocenters. The third-order valence-electron chi connectivity index (χ3n) is 1.01. The molecule has 0 aliphatic heterocycles. The van der Waals surface area contributed by atoms with Crippen LogP contribution in [0.5, 0.6) is 0 Å². The summed E-state index contributed by atoms with van der Waals surface area (Å²) in [6, 6.07) is 0. The summed E-state index contributed by atoms with van der Waals surface area (Å²) in [5.74, 6) is 0.728. The molecule has 0 aromatic carbocycles. The second-order valence-electron chi connectivity index (χ2n) is 1.72. The minimum atomic E-state index is -0.0471. The van der Waals surface area contributed by atoms with Crippen LogP contribution in [0.2, 0.25) is 0 Å². The fourth-order valence-corrected chi connectivity index (χ4v) is 0.586. The predicted molar refractivity (Wildman–Crippen MR) is 30.3 cm³/mol. The third-order valence-corrected chi connectivity index (χ3v) is 1.01. The van der Waals surface area contributed by atoms with Gasteiger partial charge in [-0.2, -0.15) is 5.10 Å². The molecule has 49 valence electrons. The molecule has 0 spiro atoms. The van der Waals surface area contributed by atoms with Crippen molar-refractivity contribution in [3.05, 3.63) is 12.2 Å². The summed E-state index contributed by atoms with van der Waals surface area (Å²) in [5.41, 5.74) is 0. The molecule has 0 fully saturated rings. The van der Waals surface area contributed by atoms with Gasteiger partial charge in [0.2, 0.25) is 0 Å². The summed E-state index contributed by atoms with van der Waals surface area (Å²) in [6.07, 6.45) is 2.82. The van der Waals surface area contributed by atoms with Gasteiger partial charge in [0, 0.05) is 6.42 Å². The first kappa shape index (κ1) is 6.22. The molecule has 0 saturated carbocycles. The summed E-state index contributed by atoms with van der Waals surface area (Å²) in [4.78, 5) is 3.85. The van der Waals surface area contributed by atoms with Crippen LogP contribution in [-0.2, 0) is 11.5 Å². The van der Waals surface area contributed by atoms with Crippen LogP contribution in [-0.4, -0.2) is 21.8 Å². The molecule has 1 heterocycles. The molecule has 4 nitrogen and oxygen atoms in total. The van der Waals surface area contributed by atoms with Crippen molar-refractivity contribution in [2.75, 3.05) is 6.61 Å². The lowest BCUT2D eigenvalue weighted by Crippen LogP contribution is -1.90. The smallest absolute Gasteiger partial charge is 0.150 e. The van der Waals surface area contributed by atoms with E-state index in [0.717, 1.165) is 5.82 Å². The molecular weight excluding hydrogens is 118 g/mol. The Kier molecular flexibility index (Phi) is 2.21. The zero-order valence-corrected chi connectivity index (χ0v) is 5.00. The van der Waals surface area contributed by atoms with Crippen LogP contribution in [0, 0.1) is 0 Å². The van der Waals surface area contributed by atoms with E-state index in [2.05, 4.69) is 15.2 Å². The molecule has 1 rings (SSSR count). The first-order valence-electron chi connectivity index (χ1n) is 2.86. The highest BCUT2D eigenvalue weighted by Crippen LogP contribution is 1.90. The summed E-state index contributed by atoms with van der Waals surface area (Å²) in [5, 5.41) is 16.3. The fourth-order valence-electron chi connectivity index (χ4n) is 0.586. The lowest BCUT2D eigenvalue weighted by atomic mass is 10.3. The van der Waals surface area contributed by atoms with Gasteiger partial charge in [-0.15, -0.1) is 0 Å². The summed E-state index contributed by atoms with van der Waals surface area (Å²) in [6.45, 7) is -0.0471. The molecule has 0 saturated heterocycles. The molecule has 0 bridgehead atoms. The van der Waals surface area contributed by atoms with Crippen LogP contribution in [0.4, 0.5) is 0 Å². The normalized spacial score (nSPS) is 9.89. The van der Waals surface area contributed by atoms with Crippen molar-refractivity contribution in [3.63, 3.8) is 0 Å². The Labute approximate surface area is 52.9 Å². The highest BCUT2D eigenvalue weighted by molar-refractivity contribution is 4.78. The zero-order chi connectivity index (χ0) is 6.53. The molecule has 0 aliphatic carbocycles. The van der Waals surface area contributed by atoms with Gasteiger partial charge in [-0.25, -0.2) is 10.1 Å². The van der Waals surface area contributed by atoms with E-state index in [4.69, 9.17) is 0 Å². The van der Waals surface area contributed by atoms with Crippen molar-refractivity contribution in [3.8, 4) is 0 Å². The molecule has 4 heteroatoms. The Hall–Kier alpha value is -0.900. The SMILES string of the molecule is [O]CCCc1nc[nH]n1. The maximum absolute atomic E-state index is 9.96. The highest BCUT2D eigenvalue weighted by atomic mass is 16.2. The number of nitrogens with one attached hydrogen (secondary N) is 1. The van der Waals surface area contributed by atoms with Crippen LogP contribution in [0.3, 0.4) is 0 Å². The van der Waals surface area contributed by atoms with Crippen molar-refractivity contribution in [2.24, 2.45) is 0 Å². The molecule has 1 radical (unpaired) electrons. The number of hydrogen-bond donors (Lipinski definition) is 1. The Morgan fingerprint density at radius 2 is 2.56 bits per heavy atom. The number of H-pyrrole nitrogens is 1. The first-order chi connectivity index (χ1) is 4.43. The molecule has 1 aromatic rings. The van der Waals surface area contributed by atoms with Crippen LogP contribution in [0.15, 0.2) is 6.33 Å². The summed E-state index contributed by atoms with van der Waals surface area (Å²) >= 11 is 0. The quantitative estimate of drug-likeness (QED) is 0.627. The number of nitrogens with zero attached hydrogens (tertiary/aromatic N) is 2. The standard InChI is InChI=1S/C5H8N3O/c9-3-1-2-5-6-4-7-8-5/h4H,1-3H2,(H,6,7,8). The van der Waals surface area contributed by atoms with Gasteiger partial charge in [-0.05, 0) is 6.42 Å². The van der Waals surface area contributed by atoms with Gasteiger partial charge in [0.1, 0.15) is 12.2 Å². The van der Waals surface area contributed by atoms with E-state index in [1.54, 1.807) is 0 Å². The largest absolute Gasteiger partial charge is 0.266 e. The summed E-state index contributed by atoms with van der Waals surface area (Å²) < 4.78 is 0. The molecule has 0 amide bonds. The average Bonchev–Trinajstić information content (AvgIpc) is 2.34. The van der Waals surface area contributed by atoms with Crippen LogP contribution in [0.1, 0.15) is 12.2 Å². The molecule has 9 heavy (non-hydrogen) atoms. The van der Waals surface area contributed by atoms with Crippen molar-refractivity contribution in [1.82, 2.24) is 15.2 Å². The van der Waals surface area contributed by atoms with Gasteiger partial charge < -0.3 is 0 Å². The van der Waals surface area contributed by atoms with E-state index in [0.29, 0.717) is 12.8 Å². The Balaban J connectivity index is 2.30. The van der Waals surface area contributed by atoms with E-state index in [-0.39, 0.29) is 6.61 Å². The molecule has 1 aromatic heterocycles. The first-order valence-corrected chi connectivity index (χ1v) is 2.86. The van der Waals surface area contributed by atoms with E-state index in [1.165, 1.54) is 6.33 Å². The molecular formula is C5H8N3O. The molecule has 0 unspecified atom stereocenters. The van der Waals surface area contributed by atoms with Gasteiger partial charge in [-0.3, -0.25) is 5.10 Å².